The fraction of sp³-hybridized carbons (Fsp3) is 0.833. The van der Waals surface area contributed by atoms with Crippen LogP contribution in [0.5, 0.6) is 0 Å². The second-order valence-electron chi connectivity index (χ2n) is 8.59. The quantitative estimate of drug-likeness (QED) is 0.840. The monoisotopic (exact) mass is 294 g/mol. The Morgan fingerprint density at radius 1 is 1.19 bits per heavy atom. The Bertz CT molecular complexity index is 423. The summed E-state index contributed by atoms with van der Waals surface area (Å²) in [5.41, 5.74) is 2.45. The first-order chi connectivity index (χ1) is 9.39. The molecule has 21 heavy (non-hydrogen) atoms. The molecule has 0 bridgehead atoms. The lowest BCUT2D eigenvalue weighted by atomic mass is 9.78. The van der Waals surface area contributed by atoms with Crippen molar-refractivity contribution < 1.29 is 4.79 Å². The molecule has 1 amide bonds. The zero-order chi connectivity index (χ0) is 16.6. The molecule has 122 valence electrons. The van der Waals surface area contributed by atoms with E-state index in [4.69, 9.17) is 0 Å². The van der Waals surface area contributed by atoms with Crippen LogP contribution in [0.1, 0.15) is 61.8 Å². The highest BCUT2D eigenvalue weighted by molar-refractivity contribution is 5.84. The third-order valence-electron chi connectivity index (χ3n) is 4.54. The van der Waals surface area contributed by atoms with Crippen LogP contribution in [-0.4, -0.2) is 30.4 Å². The molecular formula is C18H34N2O. The first-order valence-electron chi connectivity index (χ1n) is 8.14. The van der Waals surface area contributed by atoms with Gasteiger partial charge in [-0.25, -0.2) is 0 Å². The van der Waals surface area contributed by atoms with Gasteiger partial charge in [0.15, 0.2) is 0 Å². The van der Waals surface area contributed by atoms with Crippen molar-refractivity contribution in [3.8, 4) is 0 Å². The molecule has 3 nitrogen and oxygen atoms in total. The van der Waals surface area contributed by atoms with Crippen molar-refractivity contribution in [1.82, 2.24) is 10.2 Å². The van der Waals surface area contributed by atoms with E-state index < -0.39 is 0 Å². The molecule has 0 saturated carbocycles. The van der Waals surface area contributed by atoms with Gasteiger partial charge in [0, 0.05) is 17.7 Å². The van der Waals surface area contributed by atoms with E-state index in [1.54, 1.807) is 0 Å². The normalized spacial score (nSPS) is 23.9. The number of nitrogens with one attached hydrogen (secondary N) is 1. The van der Waals surface area contributed by atoms with Crippen LogP contribution < -0.4 is 5.32 Å². The molecule has 0 spiro atoms. The lowest BCUT2D eigenvalue weighted by Gasteiger charge is -2.33. The van der Waals surface area contributed by atoms with Crippen LogP contribution >= 0.6 is 0 Å². The van der Waals surface area contributed by atoms with Gasteiger partial charge in [0.1, 0.15) is 0 Å². The van der Waals surface area contributed by atoms with E-state index in [2.05, 4.69) is 72.7 Å². The number of rotatable bonds is 2. The Morgan fingerprint density at radius 2 is 1.71 bits per heavy atom. The molecule has 0 saturated heterocycles. The molecule has 0 aliphatic carbocycles. The third-order valence-corrected chi connectivity index (χ3v) is 4.54. The summed E-state index contributed by atoms with van der Waals surface area (Å²) in [5, 5.41) is 3.27. The van der Waals surface area contributed by atoms with Crippen molar-refractivity contribution in [1.29, 1.82) is 0 Å². The number of carbonyl (C=O) groups is 1. The summed E-state index contributed by atoms with van der Waals surface area (Å²) in [5.74, 6) is 0.506. The van der Waals surface area contributed by atoms with E-state index in [0.29, 0.717) is 5.92 Å². The van der Waals surface area contributed by atoms with Gasteiger partial charge in [-0.05, 0) is 24.0 Å². The Labute approximate surface area is 131 Å². The van der Waals surface area contributed by atoms with Crippen molar-refractivity contribution in [2.75, 3.05) is 13.6 Å². The predicted molar refractivity (Wildman–Crippen MR) is 90.0 cm³/mol. The summed E-state index contributed by atoms with van der Waals surface area (Å²) >= 11 is 0. The van der Waals surface area contributed by atoms with E-state index in [0.717, 1.165) is 18.7 Å². The van der Waals surface area contributed by atoms with Crippen LogP contribution in [0.2, 0.25) is 0 Å². The maximum absolute atomic E-state index is 12.8. The van der Waals surface area contributed by atoms with Gasteiger partial charge < -0.3 is 5.32 Å². The zero-order valence-corrected chi connectivity index (χ0v) is 15.4. The van der Waals surface area contributed by atoms with Crippen molar-refractivity contribution >= 4 is 5.91 Å². The van der Waals surface area contributed by atoms with Gasteiger partial charge in [0.25, 0.3) is 0 Å². The molecule has 1 heterocycles. The van der Waals surface area contributed by atoms with Gasteiger partial charge in [-0.3, -0.25) is 9.69 Å². The van der Waals surface area contributed by atoms with E-state index >= 15 is 0 Å². The predicted octanol–water partition coefficient (Wildman–Crippen LogP) is 3.81. The van der Waals surface area contributed by atoms with E-state index in [9.17, 15) is 4.79 Å². The lowest BCUT2D eigenvalue weighted by molar-refractivity contribution is -0.126. The lowest BCUT2D eigenvalue weighted by Crippen LogP contribution is -2.47. The summed E-state index contributed by atoms with van der Waals surface area (Å²) in [6, 6.07) is -0.0489. The first kappa shape index (κ1) is 18.2. The minimum Gasteiger partial charge on any atom is -0.328 e. The average molecular weight is 294 g/mol. The number of hydrogen-bond acceptors (Lipinski definition) is 2. The first-order valence-corrected chi connectivity index (χ1v) is 8.14. The SMILES string of the molecule is CCC(C)[C@H]1C(=O)NC(C(C)(C)C)=C(C(C)(C)C)CN1C. The molecule has 0 aromatic rings. The maximum atomic E-state index is 12.8. The fourth-order valence-electron chi connectivity index (χ4n) is 3.07. The molecule has 3 heteroatoms. The highest BCUT2D eigenvalue weighted by Crippen LogP contribution is 2.37. The summed E-state index contributed by atoms with van der Waals surface area (Å²) < 4.78 is 0. The van der Waals surface area contributed by atoms with Gasteiger partial charge in [0.2, 0.25) is 5.91 Å². The molecule has 1 aliphatic heterocycles. The average Bonchev–Trinajstić information content (AvgIpc) is 2.43. The van der Waals surface area contributed by atoms with Crippen LogP contribution in [-0.2, 0) is 4.79 Å². The number of likely N-dealkylation sites (N-methyl/N-ethyl adjacent to an activating group) is 1. The number of amides is 1. The molecule has 1 aliphatic rings. The summed E-state index contributed by atoms with van der Waals surface area (Å²) in [4.78, 5) is 15.0. The zero-order valence-electron chi connectivity index (χ0n) is 15.4. The smallest absolute Gasteiger partial charge is 0.241 e. The molecule has 1 N–H and O–H groups in total. The molecule has 1 rings (SSSR count). The summed E-state index contributed by atoms with van der Waals surface area (Å²) in [7, 11) is 2.08. The van der Waals surface area contributed by atoms with E-state index in [1.807, 2.05) is 0 Å². The van der Waals surface area contributed by atoms with Crippen LogP contribution in [0.3, 0.4) is 0 Å². The van der Waals surface area contributed by atoms with Crippen LogP contribution in [0, 0.1) is 16.7 Å². The minimum absolute atomic E-state index is 0.0489. The van der Waals surface area contributed by atoms with Gasteiger partial charge in [-0.1, -0.05) is 61.8 Å². The topological polar surface area (TPSA) is 32.3 Å². The Morgan fingerprint density at radius 3 is 2.10 bits per heavy atom. The van der Waals surface area contributed by atoms with Crippen LogP contribution in [0.4, 0.5) is 0 Å². The van der Waals surface area contributed by atoms with Gasteiger partial charge in [-0.15, -0.1) is 0 Å². The van der Waals surface area contributed by atoms with Gasteiger partial charge in [0.05, 0.1) is 6.04 Å². The largest absolute Gasteiger partial charge is 0.328 e. The Balaban J connectivity index is 3.34. The van der Waals surface area contributed by atoms with Crippen molar-refractivity contribution in [2.45, 2.75) is 67.9 Å². The molecular weight excluding hydrogens is 260 g/mol. The molecule has 0 aromatic heterocycles. The van der Waals surface area contributed by atoms with Crippen LogP contribution in [0.15, 0.2) is 11.3 Å². The van der Waals surface area contributed by atoms with Crippen LogP contribution in [0.25, 0.3) is 0 Å². The Hall–Kier alpha value is -0.830. The Kier molecular flexibility index (Phi) is 5.31. The summed E-state index contributed by atoms with van der Waals surface area (Å²) in [6.45, 7) is 18.4. The van der Waals surface area contributed by atoms with Gasteiger partial charge >= 0.3 is 0 Å². The number of carbonyl (C=O) groups excluding carboxylic acids is 1. The number of nitrogens with zero attached hydrogens (tertiary/aromatic N) is 1. The summed E-state index contributed by atoms with van der Waals surface area (Å²) in [6.07, 6.45) is 1.01. The minimum atomic E-state index is -0.0521. The van der Waals surface area contributed by atoms with Crippen molar-refractivity contribution in [3.63, 3.8) is 0 Å². The fourth-order valence-corrected chi connectivity index (χ4v) is 3.07. The maximum Gasteiger partial charge on any atom is 0.241 e. The van der Waals surface area contributed by atoms with E-state index in [-0.39, 0.29) is 22.8 Å². The highest BCUT2D eigenvalue weighted by atomic mass is 16.2. The standard InChI is InChI=1S/C18H34N2O/c1-10-12(2)14-16(21)19-15(18(6,7)8)13(11-20(14)9)17(3,4)5/h12,14H,10-11H2,1-9H3,(H,19,21)/t12?,14-/m0/s1. The third kappa shape index (κ3) is 4.09. The molecule has 2 atom stereocenters. The second-order valence-corrected chi connectivity index (χ2v) is 8.59. The number of allylic oxidation sites excluding steroid dienone is 1. The second kappa shape index (κ2) is 6.12. The molecule has 0 aromatic carbocycles. The number of hydrogen-bond donors (Lipinski definition) is 1. The highest BCUT2D eigenvalue weighted by Gasteiger charge is 2.38. The van der Waals surface area contributed by atoms with Crippen molar-refractivity contribution in [2.24, 2.45) is 16.7 Å². The van der Waals surface area contributed by atoms with Gasteiger partial charge in [-0.2, -0.15) is 0 Å². The molecule has 0 fully saturated rings. The van der Waals surface area contributed by atoms with E-state index in [1.165, 1.54) is 5.57 Å². The molecule has 0 radical (unpaired) electrons. The van der Waals surface area contributed by atoms with Crippen molar-refractivity contribution in [3.05, 3.63) is 11.3 Å². The molecule has 1 unspecified atom stereocenters.